The quantitative estimate of drug-likeness (QED) is 0.308. The number of aliphatic carboxylic acids is 1. The van der Waals surface area contributed by atoms with E-state index >= 15 is 0 Å². The van der Waals surface area contributed by atoms with Crippen LogP contribution in [0.1, 0.15) is 26.0 Å². The molecule has 0 fully saturated rings. The first-order chi connectivity index (χ1) is 16.0. The van der Waals surface area contributed by atoms with Gasteiger partial charge in [0.2, 0.25) is 5.89 Å². The maximum atomic E-state index is 10.9. The molecule has 0 saturated heterocycles. The molecule has 33 heavy (non-hydrogen) atoms. The first-order valence-electron chi connectivity index (χ1n) is 11.1. The number of ether oxygens (including phenoxy) is 2. The van der Waals surface area contributed by atoms with Crippen molar-refractivity contribution in [1.82, 2.24) is 9.55 Å². The zero-order chi connectivity index (χ0) is 23.2. The molecule has 0 atom stereocenters. The zero-order valence-corrected chi connectivity index (χ0v) is 18.9. The van der Waals surface area contributed by atoms with Gasteiger partial charge in [0, 0.05) is 29.1 Å². The van der Waals surface area contributed by atoms with Gasteiger partial charge in [-0.25, -0.2) is 4.98 Å². The molecule has 7 heteroatoms. The van der Waals surface area contributed by atoms with E-state index in [0.29, 0.717) is 25.0 Å². The third-order valence-electron chi connectivity index (χ3n) is 5.14. The van der Waals surface area contributed by atoms with Gasteiger partial charge in [0.25, 0.3) is 0 Å². The van der Waals surface area contributed by atoms with E-state index < -0.39 is 5.97 Å². The van der Waals surface area contributed by atoms with Gasteiger partial charge in [-0.1, -0.05) is 13.8 Å². The highest BCUT2D eigenvalue weighted by Gasteiger charge is 2.09. The summed E-state index contributed by atoms with van der Waals surface area (Å²) in [6, 6.07) is 15.3. The molecule has 2 aromatic heterocycles. The van der Waals surface area contributed by atoms with Gasteiger partial charge in [0.15, 0.2) is 0 Å². The van der Waals surface area contributed by atoms with E-state index in [9.17, 15) is 4.79 Å². The molecule has 0 radical (unpaired) electrons. The molecule has 0 bridgehead atoms. The van der Waals surface area contributed by atoms with Crippen molar-refractivity contribution < 1.29 is 23.8 Å². The van der Waals surface area contributed by atoms with Crippen molar-refractivity contribution in [3.63, 3.8) is 0 Å². The Hall–Kier alpha value is -3.74. The van der Waals surface area contributed by atoms with Crippen LogP contribution in [0.5, 0.6) is 11.5 Å². The highest BCUT2D eigenvalue weighted by molar-refractivity contribution is 5.83. The number of oxazole rings is 1. The van der Waals surface area contributed by atoms with Crippen LogP contribution in [0.2, 0.25) is 0 Å². The molecule has 0 aliphatic rings. The second kappa shape index (κ2) is 10.3. The molecule has 0 aliphatic carbocycles. The van der Waals surface area contributed by atoms with Crippen molar-refractivity contribution in [3.8, 4) is 23.0 Å². The van der Waals surface area contributed by atoms with E-state index in [2.05, 4.69) is 18.8 Å². The molecule has 2 heterocycles. The van der Waals surface area contributed by atoms with Crippen molar-refractivity contribution in [2.24, 2.45) is 5.92 Å². The fourth-order valence-corrected chi connectivity index (χ4v) is 3.64. The van der Waals surface area contributed by atoms with Crippen LogP contribution >= 0.6 is 0 Å². The van der Waals surface area contributed by atoms with Gasteiger partial charge in [0.1, 0.15) is 24.3 Å². The molecule has 172 valence electrons. The predicted octanol–water partition coefficient (Wildman–Crippen LogP) is 5.43. The minimum absolute atomic E-state index is 0.0563. The van der Waals surface area contributed by atoms with Gasteiger partial charge in [-0.05, 0) is 60.9 Å². The normalized spacial score (nSPS) is 11.2. The van der Waals surface area contributed by atoms with Crippen LogP contribution in [-0.4, -0.2) is 33.8 Å². The third kappa shape index (κ3) is 5.94. The summed E-state index contributed by atoms with van der Waals surface area (Å²) in [4.78, 5) is 15.5. The second-order valence-electron chi connectivity index (χ2n) is 8.37. The Balaban J connectivity index is 1.22. The summed E-state index contributed by atoms with van der Waals surface area (Å²) in [5.41, 5.74) is 2.77. The largest absolute Gasteiger partial charge is 0.493 e. The molecule has 7 nitrogen and oxygen atoms in total. The number of nitrogens with zero attached hydrogens (tertiary/aromatic N) is 2. The predicted molar refractivity (Wildman–Crippen MR) is 126 cm³/mol. The van der Waals surface area contributed by atoms with Gasteiger partial charge >= 0.3 is 5.97 Å². The Morgan fingerprint density at radius 2 is 1.79 bits per heavy atom. The number of rotatable bonds is 11. The molecule has 0 aliphatic heterocycles. The average molecular weight is 449 g/mol. The van der Waals surface area contributed by atoms with Crippen LogP contribution in [0.15, 0.2) is 65.4 Å². The molecule has 2 aromatic carbocycles. The van der Waals surface area contributed by atoms with Gasteiger partial charge in [-0.15, -0.1) is 0 Å². The Morgan fingerprint density at radius 3 is 2.52 bits per heavy atom. The summed E-state index contributed by atoms with van der Waals surface area (Å²) in [5, 5.41) is 9.93. The van der Waals surface area contributed by atoms with E-state index in [1.54, 1.807) is 17.0 Å². The average Bonchev–Trinajstić information content (AvgIpc) is 3.40. The van der Waals surface area contributed by atoms with Crippen molar-refractivity contribution in [2.75, 3.05) is 13.2 Å². The third-order valence-corrected chi connectivity index (χ3v) is 5.14. The molecule has 0 saturated carbocycles. The molecule has 1 N–H and O–H groups in total. The number of aromatic nitrogens is 2. The number of carboxylic acid groups (broad SMARTS) is 1. The van der Waals surface area contributed by atoms with E-state index in [0.717, 1.165) is 46.5 Å². The standard InChI is InChI=1S/C26H28N2O5/c1-18(2)14-21-17-33-26(27-21)19-4-6-22(7-5-19)31-12-3-13-32-23-8-9-24-20(15-23)10-11-28(24)16-25(29)30/h4-11,15,17-18H,3,12-14,16H2,1-2H3,(H,29,30). The Bertz CT molecular complexity index is 1210. The minimum atomic E-state index is -0.865. The van der Waals surface area contributed by atoms with E-state index in [-0.39, 0.29) is 6.54 Å². The van der Waals surface area contributed by atoms with E-state index in [4.69, 9.17) is 19.0 Å². The smallest absolute Gasteiger partial charge is 0.323 e. The van der Waals surface area contributed by atoms with E-state index in [1.165, 1.54) is 0 Å². The van der Waals surface area contributed by atoms with Crippen molar-refractivity contribution >= 4 is 16.9 Å². The summed E-state index contributed by atoms with van der Waals surface area (Å²) in [6.45, 7) is 5.32. The highest BCUT2D eigenvalue weighted by Crippen LogP contribution is 2.24. The summed E-state index contributed by atoms with van der Waals surface area (Å²) < 4.78 is 18.9. The molecular weight excluding hydrogens is 420 g/mol. The number of carboxylic acids is 1. The molecule has 0 amide bonds. The lowest BCUT2D eigenvalue weighted by atomic mass is 10.1. The zero-order valence-electron chi connectivity index (χ0n) is 18.9. The van der Waals surface area contributed by atoms with Crippen LogP contribution in [0.4, 0.5) is 0 Å². The summed E-state index contributed by atoms with van der Waals surface area (Å²) in [7, 11) is 0. The van der Waals surface area contributed by atoms with Crippen LogP contribution in [0.3, 0.4) is 0 Å². The molecule has 0 spiro atoms. The summed E-state index contributed by atoms with van der Waals surface area (Å²) >= 11 is 0. The van der Waals surface area contributed by atoms with Gasteiger partial charge in [-0.2, -0.15) is 0 Å². The van der Waals surface area contributed by atoms with Gasteiger partial charge < -0.3 is 23.6 Å². The van der Waals surface area contributed by atoms with Crippen molar-refractivity contribution in [3.05, 3.63) is 66.7 Å². The number of benzene rings is 2. The Morgan fingerprint density at radius 1 is 1.06 bits per heavy atom. The monoisotopic (exact) mass is 448 g/mol. The molecule has 0 unspecified atom stereocenters. The summed E-state index contributed by atoms with van der Waals surface area (Å²) in [5.74, 6) is 1.84. The SMILES string of the molecule is CC(C)Cc1coc(-c2ccc(OCCCOc3ccc4c(ccn4CC(=O)O)c3)cc2)n1. The maximum Gasteiger partial charge on any atom is 0.323 e. The first kappa shape index (κ1) is 22.5. The highest BCUT2D eigenvalue weighted by atomic mass is 16.5. The lowest BCUT2D eigenvalue weighted by Crippen LogP contribution is -2.07. The molecular formula is C26H28N2O5. The van der Waals surface area contributed by atoms with Crippen LogP contribution in [0, 0.1) is 5.92 Å². The topological polar surface area (TPSA) is 86.7 Å². The lowest BCUT2D eigenvalue weighted by Gasteiger charge is -2.09. The summed E-state index contributed by atoms with van der Waals surface area (Å²) in [6.07, 6.45) is 5.13. The fraction of sp³-hybridized carbons (Fsp3) is 0.308. The van der Waals surface area contributed by atoms with E-state index in [1.807, 2.05) is 48.5 Å². The number of fused-ring (bicyclic) bond motifs is 1. The van der Waals surface area contributed by atoms with Crippen molar-refractivity contribution in [2.45, 2.75) is 33.2 Å². The number of hydrogen-bond donors (Lipinski definition) is 1. The van der Waals surface area contributed by atoms with Crippen LogP contribution in [-0.2, 0) is 17.8 Å². The lowest BCUT2D eigenvalue weighted by molar-refractivity contribution is -0.137. The Labute approximate surface area is 192 Å². The van der Waals surface area contributed by atoms with Gasteiger partial charge in [0.05, 0.1) is 18.9 Å². The molecule has 4 rings (SSSR count). The minimum Gasteiger partial charge on any atom is -0.493 e. The first-order valence-corrected chi connectivity index (χ1v) is 11.1. The van der Waals surface area contributed by atoms with Crippen molar-refractivity contribution in [1.29, 1.82) is 0 Å². The number of carbonyl (C=O) groups is 1. The molecule has 4 aromatic rings. The second-order valence-corrected chi connectivity index (χ2v) is 8.37. The fourth-order valence-electron chi connectivity index (χ4n) is 3.64. The maximum absolute atomic E-state index is 10.9. The Kier molecular flexibility index (Phi) is 6.98. The van der Waals surface area contributed by atoms with Gasteiger partial charge in [-0.3, -0.25) is 4.79 Å². The van der Waals surface area contributed by atoms with Crippen LogP contribution < -0.4 is 9.47 Å². The number of hydrogen-bond acceptors (Lipinski definition) is 5. The van der Waals surface area contributed by atoms with Crippen LogP contribution in [0.25, 0.3) is 22.4 Å².